The van der Waals surface area contributed by atoms with Gasteiger partial charge in [0.15, 0.2) is 5.65 Å². The molecule has 0 aliphatic rings. The molecule has 0 unspecified atom stereocenters. The summed E-state index contributed by atoms with van der Waals surface area (Å²) in [6.07, 6.45) is 1.56. The second-order valence-corrected chi connectivity index (χ2v) is 3.60. The molecule has 6 heteroatoms. The lowest BCUT2D eigenvalue weighted by Gasteiger charge is -2.06. The van der Waals surface area contributed by atoms with Gasteiger partial charge >= 0.3 is 0 Å². The largest absolute Gasteiger partial charge is 0.475 e. The summed E-state index contributed by atoms with van der Waals surface area (Å²) in [6.45, 7) is 1.24. The van der Waals surface area contributed by atoms with Crippen LogP contribution in [-0.2, 0) is 7.05 Å². The third-order valence-corrected chi connectivity index (χ3v) is 2.39. The second-order valence-electron chi connectivity index (χ2n) is 3.60. The Hall–Kier alpha value is -1.95. The van der Waals surface area contributed by atoms with E-state index < -0.39 is 0 Å². The van der Waals surface area contributed by atoms with E-state index in [1.165, 1.54) is 10.6 Å². The molecule has 0 amide bonds. The maximum atomic E-state index is 11.4. The van der Waals surface area contributed by atoms with Gasteiger partial charge in [0.05, 0.1) is 6.20 Å². The van der Waals surface area contributed by atoms with Gasteiger partial charge in [-0.05, 0) is 13.1 Å². The quantitative estimate of drug-likeness (QED) is 0.750. The fraction of sp³-hybridized carbons (Fsp3) is 0.364. The second kappa shape index (κ2) is 4.92. The number of aryl methyl sites for hydroxylation is 1. The summed E-state index contributed by atoms with van der Waals surface area (Å²) < 4.78 is 6.85. The van der Waals surface area contributed by atoms with Crippen LogP contribution in [0.25, 0.3) is 11.2 Å². The highest BCUT2D eigenvalue weighted by Gasteiger charge is 2.04. The van der Waals surface area contributed by atoms with E-state index in [1.54, 1.807) is 19.3 Å². The molecule has 2 aromatic rings. The molecule has 0 saturated heterocycles. The van der Waals surface area contributed by atoms with Crippen molar-refractivity contribution < 1.29 is 4.74 Å². The molecule has 0 saturated carbocycles. The van der Waals surface area contributed by atoms with Crippen molar-refractivity contribution in [2.45, 2.75) is 0 Å². The molecule has 17 heavy (non-hydrogen) atoms. The van der Waals surface area contributed by atoms with Gasteiger partial charge in [-0.25, -0.2) is 4.98 Å². The molecule has 1 N–H and O–H groups in total. The van der Waals surface area contributed by atoms with Crippen molar-refractivity contribution >= 4 is 11.2 Å². The van der Waals surface area contributed by atoms with Gasteiger partial charge in [-0.3, -0.25) is 9.36 Å². The van der Waals surface area contributed by atoms with E-state index in [4.69, 9.17) is 4.74 Å². The zero-order valence-corrected chi connectivity index (χ0v) is 9.80. The minimum Gasteiger partial charge on any atom is -0.475 e. The molecule has 90 valence electrons. The molecule has 0 atom stereocenters. The number of nitrogens with zero attached hydrogens (tertiary/aromatic N) is 3. The molecular formula is C11H14N4O2. The highest BCUT2D eigenvalue weighted by atomic mass is 16.5. The molecule has 0 spiro atoms. The molecule has 0 bridgehead atoms. The van der Waals surface area contributed by atoms with Crippen LogP contribution in [0.3, 0.4) is 0 Å². The van der Waals surface area contributed by atoms with Crippen molar-refractivity contribution in [2.24, 2.45) is 7.05 Å². The lowest BCUT2D eigenvalue weighted by molar-refractivity contribution is 0.306. The van der Waals surface area contributed by atoms with Crippen LogP contribution in [0.2, 0.25) is 0 Å². The van der Waals surface area contributed by atoms with Gasteiger partial charge in [0.2, 0.25) is 5.88 Å². The van der Waals surface area contributed by atoms with Gasteiger partial charge in [-0.2, -0.15) is 4.98 Å². The van der Waals surface area contributed by atoms with Crippen molar-refractivity contribution in [1.82, 2.24) is 19.9 Å². The molecule has 2 rings (SSSR count). The molecule has 0 aromatic carbocycles. The Labute approximate surface area is 98.3 Å². The first-order chi connectivity index (χ1) is 8.22. The number of rotatable bonds is 4. The number of fused-ring (bicyclic) bond motifs is 1. The molecule has 2 aromatic heterocycles. The van der Waals surface area contributed by atoms with E-state index in [9.17, 15) is 4.79 Å². The number of ether oxygens (including phenoxy) is 1. The Morgan fingerprint density at radius 1 is 1.47 bits per heavy atom. The minimum atomic E-state index is -0.112. The van der Waals surface area contributed by atoms with E-state index in [1.807, 2.05) is 7.05 Å². The van der Waals surface area contributed by atoms with Crippen molar-refractivity contribution in [3.05, 3.63) is 28.7 Å². The molecule has 0 aliphatic heterocycles. The fourth-order valence-electron chi connectivity index (χ4n) is 1.43. The maximum Gasteiger partial charge on any atom is 0.252 e. The monoisotopic (exact) mass is 234 g/mol. The number of aromatic nitrogens is 3. The van der Waals surface area contributed by atoms with E-state index in [0.717, 1.165) is 6.54 Å². The number of likely N-dealkylation sites (N-methyl/N-ethyl adjacent to an activating group) is 1. The Kier molecular flexibility index (Phi) is 3.34. The zero-order chi connectivity index (χ0) is 12.3. The first-order valence-corrected chi connectivity index (χ1v) is 5.32. The van der Waals surface area contributed by atoms with Crippen molar-refractivity contribution in [1.29, 1.82) is 0 Å². The molecule has 0 aliphatic carbocycles. The van der Waals surface area contributed by atoms with Gasteiger partial charge in [0.1, 0.15) is 12.1 Å². The van der Waals surface area contributed by atoms with Crippen molar-refractivity contribution in [2.75, 3.05) is 20.2 Å². The van der Waals surface area contributed by atoms with Gasteiger partial charge in [-0.1, -0.05) is 0 Å². The third-order valence-electron chi connectivity index (χ3n) is 2.39. The van der Waals surface area contributed by atoms with Gasteiger partial charge in [0, 0.05) is 19.7 Å². The van der Waals surface area contributed by atoms with Crippen molar-refractivity contribution in [3.63, 3.8) is 0 Å². The van der Waals surface area contributed by atoms with Crippen LogP contribution in [-0.4, -0.2) is 34.7 Å². The predicted molar refractivity (Wildman–Crippen MR) is 64.2 cm³/mol. The van der Waals surface area contributed by atoms with Crippen LogP contribution in [0.1, 0.15) is 0 Å². The number of hydrogen-bond acceptors (Lipinski definition) is 5. The van der Waals surface area contributed by atoms with Crippen LogP contribution in [0.5, 0.6) is 5.88 Å². The SMILES string of the molecule is CNCCOc1cnc2ccc(=O)n(C)c2n1. The summed E-state index contributed by atoms with van der Waals surface area (Å²) in [5.41, 5.74) is 1.09. The van der Waals surface area contributed by atoms with Crippen LogP contribution in [0, 0.1) is 0 Å². The maximum absolute atomic E-state index is 11.4. The first-order valence-electron chi connectivity index (χ1n) is 5.32. The highest BCUT2D eigenvalue weighted by Crippen LogP contribution is 2.10. The lowest BCUT2D eigenvalue weighted by Crippen LogP contribution is -2.18. The predicted octanol–water partition coefficient (Wildman–Crippen LogP) is -0.0733. The number of nitrogens with one attached hydrogen (secondary N) is 1. The molecule has 0 fully saturated rings. The fourth-order valence-corrected chi connectivity index (χ4v) is 1.43. The van der Waals surface area contributed by atoms with E-state index >= 15 is 0 Å². The van der Waals surface area contributed by atoms with Crippen LogP contribution >= 0.6 is 0 Å². The van der Waals surface area contributed by atoms with Gasteiger partial charge in [0.25, 0.3) is 5.56 Å². The van der Waals surface area contributed by atoms with Crippen LogP contribution < -0.4 is 15.6 Å². The van der Waals surface area contributed by atoms with Crippen molar-refractivity contribution in [3.8, 4) is 5.88 Å². The van der Waals surface area contributed by atoms with Gasteiger partial charge < -0.3 is 10.1 Å². The summed E-state index contributed by atoms with van der Waals surface area (Å²) >= 11 is 0. The Morgan fingerprint density at radius 2 is 2.29 bits per heavy atom. The van der Waals surface area contributed by atoms with Gasteiger partial charge in [-0.15, -0.1) is 0 Å². The minimum absolute atomic E-state index is 0.112. The Bertz CT molecular complexity index is 579. The summed E-state index contributed by atoms with van der Waals surface area (Å²) in [5, 5.41) is 2.97. The van der Waals surface area contributed by atoms with E-state index in [0.29, 0.717) is 23.7 Å². The summed E-state index contributed by atoms with van der Waals surface area (Å²) in [6, 6.07) is 3.13. The molecule has 2 heterocycles. The number of hydrogen-bond donors (Lipinski definition) is 1. The average Bonchev–Trinajstić information content (AvgIpc) is 2.35. The smallest absolute Gasteiger partial charge is 0.252 e. The Balaban J connectivity index is 2.35. The normalized spacial score (nSPS) is 10.7. The molecule has 6 nitrogen and oxygen atoms in total. The third kappa shape index (κ3) is 2.42. The summed E-state index contributed by atoms with van der Waals surface area (Å²) in [7, 11) is 3.51. The average molecular weight is 234 g/mol. The topological polar surface area (TPSA) is 69.0 Å². The van der Waals surface area contributed by atoms with E-state index in [-0.39, 0.29) is 5.56 Å². The number of pyridine rings is 1. The van der Waals surface area contributed by atoms with E-state index in [2.05, 4.69) is 15.3 Å². The summed E-state index contributed by atoms with van der Waals surface area (Å²) in [5.74, 6) is 0.425. The lowest BCUT2D eigenvalue weighted by atomic mass is 10.4. The Morgan fingerprint density at radius 3 is 3.06 bits per heavy atom. The summed E-state index contributed by atoms with van der Waals surface area (Å²) in [4.78, 5) is 19.9. The molecular weight excluding hydrogens is 220 g/mol. The highest BCUT2D eigenvalue weighted by molar-refractivity contribution is 5.69. The standard InChI is InChI=1S/C11H14N4O2/c1-12-5-6-17-9-7-13-8-3-4-10(16)15(2)11(8)14-9/h3-4,7,12H,5-6H2,1-2H3. The zero-order valence-electron chi connectivity index (χ0n) is 9.80. The first kappa shape index (κ1) is 11.5. The van der Waals surface area contributed by atoms with Crippen LogP contribution in [0.15, 0.2) is 23.1 Å². The molecule has 0 radical (unpaired) electrons. The van der Waals surface area contributed by atoms with Crippen LogP contribution in [0.4, 0.5) is 0 Å².